The minimum Gasteiger partial charge on any atom is -0.381 e. The van der Waals surface area contributed by atoms with Crippen molar-refractivity contribution < 1.29 is 9.47 Å². The van der Waals surface area contributed by atoms with Crippen LogP contribution in [-0.2, 0) is 9.47 Å². The average molecular weight is 326 g/mol. The third kappa shape index (κ3) is 6.28. The Balaban J connectivity index is 1.94. The molecule has 0 aromatic heterocycles. The van der Waals surface area contributed by atoms with E-state index in [1.807, 2.05) is 0 Å². The maximum absolute atomic E-state index is 5.63. The number of ether oxygens (including phenoxy) is 2. The summed E-state index contributed by atoms with van der Waals surface area (Å²) in [6.45, 7) is 12.5. The Morgan fingerprint density at radius 3 is 2.65 bits per heavy atom. The van der Waals surface area contributed by atoms with Crippen molar-refractivity contribution in [2.24, 2.45) is 10.9 Å². The summed E-state index contributed by atoms with van der Waals surface area (Å²) in [5.74, 6) is 1.54. The normalized spacial score (nSPS) is 24.6. The van der Waals surface area contributed by atoms with E-state index in [0.29, 0.717) is 12.0 Å². The van der Waals surface area contributed by atoms with Crippen molar-refractivity contribution in [2.75, 3.05) is 59.2 Å². The van der Waals surface area contributed by atoms with Gasteiger partial charge in [-0.2, -0.15) is 0 Å². The molecule has 0 amide bonds. The zero-order chi connectivity index (χ0) is 16.3. The third-order valence-corrected chi connectivity index (χ3v) is 4.63. The number of morpholine rings is 1. The van der Waals surface area contributed by atoms with Gasteiger partial charge in [-0.3, -0.25) is 9.89 Å². The van der Waals surface area contributed by atoms with E-state index >= 15 is 0 Å². The Kier molecular flexibility index (Phi) is 8.71. The van der Waals surface area contributed by atoms with Gasteiger partial charge in [-0.1, -0.05) is 13.3 Å². The lowest BCUT2D eigenvalue weighted by atomic mass is 9.97. The van der Waals surface area contributed by atoms with Gasteiger partial charge in [0.05, 0.1) is 26.4 Å². The van der Waals surface area contributed by atoms with E-state index in [-0.39, 0.29) is 0 Å². The second-order valence-corrected chi connectivity index (χ2v) is 6.34. The first-order valence-corrected chi connectivity index (χ1v) is 9.26. The standard InChI is InChI=1S/C17H34N4O2/c1-3-5-7-19-17(18-4-2)20-13-16(15-6-10-23-14-15)21-8-11-22-12-9-21/h15-16H,3-14H2,1-2H3,(H2,18,19,20). The van der Waals surface area contributed by atoms with Crippen molar-refractivity contribution in [1.82, 2.24) is 15.5 Å². The molecule has 134 valence electrons. The van der Waals surface area contributed by atoms with Gasteiger partial charge in [0.1, 0.15) is 0 Å². The van der Waals surface area contributed by atoms with Crippen molar-refractivity contribution in [2.45, 2.75) is 39.2 Å². The predicted molar refractivity (Wildman–Crippen MR) is 94.0 cm³/mol. The number of hydrogen-bond acceptors (Lipinski definition) is 4. The Labute approximate surface area is 141 Å². The molecule has 0 bridgehead atoms. The molecular weight excluding hydrogens is 292 g/mol. The summed E-state index contributed by atoms with van der Waals surface area (Å²) in [5, 5.41) is 6.79. The summed E-state index contributed by atoms with van der Waals surface area (Å²) in [7, 11) is 0. The summed E-state index contributed by atoms with van der Waals surface area (Å²) in [5.41, 5.74) is 0. The predicted octanol–water partition coefficient (Wildman–Crippen LogP) is 1.08. The van der Waals surface area contributed by atoms with Crippen LogP contribution in [0.2, 0.25) is 0 Å². The van der Waals surface area contributed by atoms with E-state index in [0.717, 1.165) is 71.5 Å². The smallest absolute Gasteiger partial charge is 0.191 e. The van der Waals surface area contributed by atoms with E-state index in [4.69, 9.17) is 14.5 Å². The largest absolute Gasteiger partial charge is 0.381 e. The number of rotatable bonds is 8. The number of nitrogens with zero attached hydrogens (tertiary/aromatic N) is 2. The van der Waals surface area contributed by atoms with Gasteiger partial charge in [0.15, 0.2) is 5.96 Å². The molecule has 2 fully saturated rings. The highest BCUT2D eigenvalue weighted by Crippen LogP contribution is 2.22. The Hall–Kier alpha value is -0.850. The SMILES string of the molecule is CCCCNC(=NCC(C1CCOC1)N1CCOCC1)NCC. The summed E-state index contributed by atoms with van der Waals surface area (Å²) < 4.78 is 11.1. The fraction of sp³-hybridized carbons (Fsp3) is 0.941. The Morgan fingerprint density at radius 1 is 1.17 bits per heavy atom. The zero-order valence-electron chi connectivity index (χ0n) is 14.9. The topological polar surface area (TPSA) is 58.1 Å². The average Bonchev–Trinajstić information content (AvgIpc) is 3.10. The maximum atomic E-state index is 5.63. The number of nitrogens with one attached hydrogen (secondary N) is 2. The van der Waals surface area contributed by atoms with Crippen LogP contribution in [0.15, 0.2) is 4.99 Å². The first-order chi connectivity index (χ1) is 11.3. The van der Waals surface area contributed by atoms with Crippen molar-refractivity contribution in [3.63, 3.8) is 0 Å². The lowest BCUT2D eigenvalue weighted by Gasteiger charge is -2.36. The Morgan fingerprint density at radius 2 is 2.00 bits per heavy atom. The first kappa shape index (κ1) is 18.5. The van der Waals surface area contributed by atoms with E-state index in [2.05, 4.69) is 29.4 Å². The summed E-state index contributed by atoms with van der Waals surface area (Å²) >= 11 is 0. The van der Waals surface area contributed by atoms with Gasteiger partial charge in [0.25, 0.3) is 0 Å². The molecule has 6 heteroatoms. The molecule has 0 aromatic rings. The molecule has 2 heterocycles. The summed E-state index contributed by atoms with van der Waals surface area (Å²) in [6.07, 6.45) is 3.52. The first-order valence-electron chi connectivity index (χ1n) is 9.26. The quantitative estimate of drug-likeness (QED) is 0.397. The highest BCUT2D eigenvalue weighted by Gasteiger charge is 2.31. The van der Waals surface area contributed by atoms with E-state index in [9.17, 15) is 0 Å². The van der Waals surface area contributed by atoms with Crippen LogP contribution in [0.1, 0.15) is 33.1 Å². The van der Waals surface area contributed by atoms with E-state index < -0.39 is 0 Å². The highest BCUT2D eigenvalue weighted by atomic mass is 16.5. The Bertz CT molecular complexity index is 339. The van der Waals surface area contributed by atoms with E-state index in [1.165, 1.54) is 12.8 Å². The van der Waals surface area contributed by atoms with Gasteiger partial charge in [-0.05, 0) is 19.8 Å². The molecule has 0 aliphatic carbocycles. The van der Waals surface area contributed by atoms with Crippen LogP contribution in [0.25, 0.3) is 0 Å². The molecule has 23 heavy (non-hydrogen) atoms. The number of guanidine groups is 1. The van der Waals surface area contributed by atoms with E-state index in [1.54, 1.807) is 0 Å². The van der Waals surface area contributed by atoms with Gasteiger partial charge in [0.2, 0.25) is 0 Å². The molecule has 2 N–H and O–H groups in total. The van der Waals surface area contributed by atoms with Crippen molar-refractivity contribution in [3.05, 3.63) is 0 Å². The van der Waals surface area contributed by atoms with Crippen LogP contribution < -0.4 is 10.6 Å². The van der Waals surface area contributed by atoms with Crippen molar-refractivity contribution >= 4 is 5.96 Å². The molecule has 2 aliphatic heterocycles. The third-order valence-electron chi connectivity index (χ3n) is 4.63. The van der Waals surface area contributed by atoms with Crippen LogP contribution >= 0.6 is 0 Å². The molecule has 2 aliphatic rings. The minimum atomic E-state index is 0.461. The van der Waals surface area contributed by atoms with Gasteiger partial charge in [0, 0.05) is 44.7 Å². The molecule has 0 radical (unpaired) electrons. The molecular formula is C17H34N4O2. The second-order valence-electron chi connectivity index (χ2n) is 6.34. The molecule has 2 atom stereocenters. The van der Waals surface area contributed by atoms with Crippen LogP contribution in [0, 0.1) is 5.92 Å². The van der Waals surface area contributed by atoms with Gasteiger partial charge < -0.3 is 20.1 Å². The molecule has 6 nitrogen and oxygen atoms in total. The van der Waals surface area contributed by atoms with Gasteiger partial charge in [-0.15, -0.1) is 0 Å². The molecule has 0 spiro atoms. The zero-order valence-corrected chi connectivity index (χ0v) is 14.9. The van der Waals surface area contributed by atoms with Crippen molar-refractivity contribution in [1.29, 1.82) is 0 Å². The minimum absolute atomic E-state index is 0.461. The molecule has 2 unspecified atom stereocenters. The fourth-order valence-corrected chi connectivity index (χ4v) is 3.24. The van der Waals surface area contributed by atoms with Crippen LogP contribution in [0.3, 0.4) is 0 Å². The lowest BCUT2D eigenvalue weighted by Crippen LogP contribution is -2.49. The maximum Gasteiger partial charge on any atom is 0.191 e. The molecule has 0 aromatic carbocycles. The fourth-order valence-electron chi connectivity index (χ4n) is 3.24. The number of unbranched alkanes of at least 4 members (excludes halogenated alkanes) is 1. The molecule has 0 saturated carbocycles. The van der Waals surface area contributed by atoms with Gasteiger partial charge in [-0.25, -0.2) is 0 Å². The monoisotopic (exact) mass is 326 g/mol. The number of hydrogen-bond donors (Lipinski definition) is 2. The van der Waals surface area contributed by atoms with Gasteiger partial charge >= 0.3 is 0 Å². The second kappa shape index (κ2) is 10.8. The molecule has 2 saturated heterocycles. The lowest BCUT2D eigenvalue weighted by molar-refractivity contribution is 0.00368. The summed E-state index contributed by atoms with van der Waals surface area (Å²) in [4.78, 5) is 7.41. The number of aliphatic imine (C=N–C) groups is 1. The van der Waals surface area contributed by atoms with Crippen LogP contribution in [0.5, 0.6) is 0 Å². The summed E-state index contributed by atoms with van der Waals surface area (Å²) in [6, 6.07) is 0.461. The van der Waals surface area contributed by atoms with Crippen LogP contribution in [-0.4, -0.2) is 76.1 Å². The molecule has 2 rings (SSSR count). The van der Waals surface area contributed by atoms with Crippen LogP contribution in [0.4, 0.5) is 0 Å². The highest BCUT2D eigenvalue weighted by molar-refractivity contribution is 5.79. The van der Waals surface area contributed by atoms with Crippen molar-refractivity contribution in [3.8, 4) is 0 Å².